The molecule has 0 saturated heterocycles. The number of aryl methyl sites for hydroxylation is 1. The first kappa shape index (κ1) is 19.3. The minimum atomic E-state index is -1.02. The normalized spacial score (nSPS) is 24.8. The Balaban J connectivity index is 1.93. The molecule has 0 bridgehead atoms. The van der Waals surface area contributed by atoms with Crippen LogP contribution in [0.5, 0.6) is 5.88 Å². The highest BCUT2D eigenvalue weighted by Gasteiger charge is 2.41. The highest BCUT2D eigenvalue weighted by atomic mass is 16.5. The van der Waals surface area contributed by atoms with E-state index >= 15 is 0 Å². The van der Waals surface area contributed by atoms with Gasteiger partial charge in [-0.25, -0.2) is 9.97 Å². The Labute approximate surface area is 157 Å². The van der Waals surface area contributed by atoms with Crippen molar-refractivity contribution < 1.29 is 20.1 Å². The predicted molar refractivity (Wildman–Crippen MR) is 100 cm³/mol. The molecule has 1 saturated carbocycles. The van der Waals surface area contributed by atoms with Crippen molar-refractivity contribution in [3.63, 3.8) is 0 Å². The lowest BCUT2D eigenvalue weighted by molar-refractivity contribution is 0.00446. The zero-order valence-corrected chi connectivity index (χ0v) is 15.3. The highest BCUT2D eigenvalue weighted by Crippen LogP contribution is 2.34. The lowest BCUT2D eigenvalue weighted by atomic mass is 10.1. The number of aliphatic hydroxyl groups excluding tert-OH is 3. The Morgan fingerprint density at radius 3 is 2.63 bits per heavy atom. The van der Waals surface area contributed by atoms with Crippen LogP contribution in [0.15, 0.2) is 18.3 Å². The number of anilines is 2. The van der Waals surface area contributed by atoms with E-state index in [0.717, 1.165) is 5.56 Å². The number of nitrogens with zero attached hydrogens (tertiary/aromatic N) is 3. The van der Waals surface area contributed by atoms with Crippen molar-refractivity contribution in [1.29, 1.82) is 0 Å². The molecule has 1 aliphatic carbocycles. The summed E-state index contributed by atoms with van der Waals surface area (Å²) in [6, 6.07) is 3.14. The first-order valence-corrected chi connectivity index (χ1v) is 8.91. The smallest absolute Gasteiger partial charge is 0.222 e. The van der Waals surface area contributed by atoms with Gasteiger partial charge in [0.25, 0.3) is 0 Å². The Bertz CT molecular complexity index is 786. The van der Waals surface area contributed by atoms with Crippen LogP contribution in [0.1, 0.15) is 19.0 Å². The van der Waals surface area contributed by atoms with Crippen LogP contribution >= 0.6 is 0 Å². The summed E-state index contributed by atoms with van der Waals surface area (Å²) in [5.41, 5.74) is 7.94. The Kier molecular flexibility index (Phi) is 5.73. The molecule has 9 heteroatoms. The lowest BCUT2D eigenvalue weighted by Gasteiger charge is -2.21. The second-order valence-corrected chi connectivity index (χ2v) is 6.62. The summed E-state index contributed by atoms with van der Waals surface area (Å²) in [6.07, 6.45) is 0.0467. The van der Waals surface area contributed by atoms with Crippen LogP contribution in [0.4, 0.5) is 11.8 Å². The number of nitrogen functional groups attached to an aromatic ring is 1. The minimum Gasteiger partial charge on any atom is -0.478 e. The van der Waals surface area contributed by atoms with Crippen molar-refractivity contribution in [2.75, 3.05) is 24.3 Å². The molecule has 27 heavy (non-hydrogen) atoms. The number of pyridine rings is 1. The van der Waals surface area contributed by atoms with E-state index in [2.05, 4.69) is 20.3 Å². The SMILES string of the molecule is CCOc1ccc(-c2c(C)nc(N)nc2N[C@@H]2C[C@H](CO)[C@@H](O)[C@H]2O)cn1. The number of hydrogen-bond donors (Lipinski definition) is 5. The number of hydrogen-bond acceptors (Lipinski definition) is 9. The van der Waals surface area contributed by atoms with Gasteiger partial charge in [-0.3, -0.25) is 0 Å². The number of nitrogens with one attached hydrogen (secondary N) is 1. The second-order valence-electron chi connectivity index (χ2n) is 6.62. The maximum Gasteiger partial charge on any atom is 0.222 e. The molecule has 2 aromatic heterocycles. The minimum absolute atomic E-state index is 0.101. The molecule has 2 aromatic rings. The number of nitrogens with two attached hydrogens (primary N) is 1. The van der Waals surface area contributed by atoms with Gasteiger partial charge in [0.15, 0.2) is 0 Å². The van der Waals surface area contributed by atoms with E-state index in [9.17, 15) is 15.3 Å². The van der Waals surface area contributed by atoms with Gasteiger partial charge in [0.1, 0.15) is 11.9 Å². The maximum absolute atomic E-state index is 10.3. The van der Waals surface area contributed by atoms with Crippen LogP contribution < -0.4 is 15.8 Å². The van der Waals surface area contributed by atoms with Crippen LogP contribution in [-0.2, 0) is 0 Å². The molecule has 0 aliphatic heterocycles. The third-order valence-corrected chi connectivity index (χ3v) is 4.78. The summed E-state index contributed by atoms with van der Waals surface area (Å²) in [6.45, 7) is 4.02. The van der Waals surface area contributed by atoms with Gasteiger partial charge >= 0.3 is 0 Å². The molecule has 0 aromatic carbocycles. The van der Waals surface area contributed by atoms with Gasteiger partial charge < -0.3 is 31.1 Å². The Hall–Kier alpha value is -2.49. The molecule has 9 nitrogen and oxygen atoms in total. The standard InChI is InChI=1S/C18H25N5O4/c1-3-27-13-5-4-10(7-20-13)14-9(2)21-18(19)23-17(14)22-12-6-11(8-24)15(25)16(12)26/h4-5,7,11-12,15-16,24-26H,3,6,8H2,1-2H3,(H3,19,21,22,23)/t11-,12-,15-,16+/m1/s1. The molecule has 0 unspecified atom stereocenters. The molecular formula is C18H25N5O4. The van der Waals surface area contributed by atoms with E-state index < -0.39 is 24.2 Å². The van der Waals surface area contributed by atoms with Gasteiger partial charge in [0.2, 0.25) is 11.8 Å². The quantitative estimate of drug-likeness (QED) is 0.482. The molecule has 0 radical (unpaired) electrons. The summed E-state index contributed by atoms with van der Waals surface area (Å²) < 4.78 is 5.37. The first-order chi connectivity index (χ1) is 12.9. The van der Waals surface area contributed by atoms with Crippen molar-refractivity contribution in [2.24, 2.45) is 5.92 Å². The van der Waals surface area contributed by atoms with Crippen molar-refractivity contribution >= 4 is 11.8 Å². The fraction of sp³-hybridized carbons (Fsp3) is 0.500. The monoisotopic (exact) mass is 375 g/mol. The van der Waals surface area contributed by atoms with Crippen molar-refractivity contribution in [3.8, 4) is 17.0 Å². The van der Waals surface area contributed by atoms with Crippen LogP contribution in [0.2, 0.25) is 0 Å². The first-order valence-electron chi connectivity index (χ1n) is 8.91. The molecule has 2 heterocycles. The van der Waals surface area contributed by atoms with E-state index in [4.69, 9.17) is 10.5 Å². The third-order valence-electron chi connectivity index (χ3n) is 4.78. The zero-order valence-electron chi connectivity index (χ0n) is 15.3. The molecule has 4 atom stereocenters. The van der Waals surface area contributed by atoms with Gasteiger partial charge in [-0.2, -0.15) is 4.98 Å². The fourth-order valence-corrected chi connectivity index (χ4v) is 3.43. The van der Waals surface area contributed by atoms with E-state index in [1.165, 1.54) is 0 Å². The number of aliphatic hydroxyl groups is 3. The molecule has 0 spiro atoms. The molecule has 1 aliphatic rings. The zero-order chi connectivity index (χ0) is 19.6. The largest absolute Gasteiger partial charge is 0.478 e. The summed E-state index contributed by atoms with van der Waals surface area (Å²) in [4.78, 5) is 12.8. The number of rotatable bonds is 6. The Morgan fingerprint density at radius 2 is 2.04 bits per heavy atom. The van der Waals surface area contributed by atoms with Crippen LogP contribution in [0.25, 0.3) is 11.1 Å². The van der Waals surface area contributed by atoms with Crippen molar-refractivity contribution in [2.45, 2.75) is 38.5 Å². The van der Waals surface area contributed by atoms with Crippen LogP contribution in [0.3, 0.4) is 0 Å². The summed E-state index contributed by atoms with van der Waals surface area (Å²) in [5.74, 6) is 0.670. The van der Waals surface area contributed by atoms with Gasteiger partial charge in [-0.05, 0) is 26.3 Å². The molecule has 3 rings (SSSR count). The van der Waals surface area contributed by atoms with Crippen LogP contribution in [0, 0.1) is 12.8 Å². The van der Waals surface area contributed by atoms with E-state index in [-0.39, 0.29) is 12.6 Å². The van der Waals surface area contributed by atoms with Crippen molar-refractivity contribution in [1.82, 2.24) is 15.0 Å². The summed E-state index contributed by atoms with van der Waals surface area (Å²) in [5, 5.41) is 32.9. The van der Waals surface area contributed by atoms with E-state index in [1.54, 1.807) is 12.3 Å². The Morgan fingerprint density at radius 1 is 1.26 bits per heavy atom. The number of aromatic nitrogens is 3. The van der Waals surface area contributed by atoms with Crippen molar-refractivity contribution in [3.05, 3.63) is 24.0 Å². The average Bonchev–Trinajstić information content (AvgIpc) is 2.90. The molecule has 1 fully saturated rings. The summed E-state index contributed by atoms with van der Waals surface area (Å²) in [7, 11) is 0. The average molecular weight is 375 g/mol. The van der Waals surface area contributed by atoms with Gasteiger partial charge in [-0.15, -0.1) is 0 Å². The van der Waals surface area contributed by atoms with E-state index in [1.807, 2.05) is 19.9 Å². The lowest BCUT2D eigenvalue weighted by Crippen LogP contribution is -2.35. The molecular weight excluding hydrogens is 350 g/mol. The van der Waals surface area contributed by atoms with Gasteiger partial charge in [-0.1, -0.05) is 0 Å². The molecule has 6 N–H and O–H groups in total. The van der Waals surface area contributed by atoms with Gasteiger partial charge in [0.05, 0.1) is 24.4 Å². The summed E-state index contributed by atoms with van der Waals surface area (Å²) >= 11 is 0. The predicted octanol–water partition coefficient (Wildman–Crippen LogP) is 0.342. The third kappa shape index (κ3) is 3.95. The molecule has 146 valence electrons. The second kappa shape index (κ2) is 8.03. The fourth-order valence-electron chi connectivity index (χ4n) is 3.43. The molecule has 0 amide bonds. The van der Waals surface area contributed by atoms with Crippen LogP contribution in [-0.4, -0.2) is 61.7 Å². The number of ether oxygens (including phenoxy) is 1. The van der Waals surface area contributed by atoms with E-state index in [0.29, 0.717) is 36.0 Å². The highest BCUT2D eigenvalue weighted by molar-refractivity contribution is 5.77. The topological polar surface area (TPSA) is 147 Å². The maximum atomic E-state index is 10.3. The van der Waals surface area contributed by atoms with Gasteiger partial charge in [0, 0.05) is 35.9 Å².